The first-order chi connectivity index (χ1) is 9.55. The number of rotatable bonds is 1. The van der Waals surface area contributed by atoms with E-state index >= 15 is 0 Å². The summed E-state index contributed by atoms with van der Waals surface area (Å²) in [7, 11) is 0. The van der Waals surface area contributed by atoms with Crippen LogP contribution in [0.25, 0.3) is 21.9 Å². The van der Waals surface area contributed by atoms with Crippen molar-refractivity contribution in [2.75, 3.05) is 0 Å². The van der Waals surface area contributed by atoms with Gasteiger partial charge in [-0.25, -0.2) is 0 Å². The molecule has 0 saturated carbocycles. The minimum absolute atomic E-state index is 0.155. The molecule has 0 aliphatic rings. The Morgan fingerprint density at radius 2 is 1.30 bits per heavy atom. The van der Waals surface area contributed by atoms with E-state index < -0.39 is 0 Å². The fraction of sp³-hybridized carbons (Fsp3) is 0.200. The molecule has 0 atom stereocenters. The molecule has 0 heteroatoms. The Hall–Kier alpha value is -2.08. The Morgan fingerprint density at radius 3 is 2.05 bits per heavy atom. The smallest absolute Gasteiger partial charge is 0.0126 e. The largest absolute Gasteiger partial charge is 0.0619 e. The first-order valence-electron chi connectivity index (χ1n) is 7.14. The van der Waals surface area contributed by atoms with Gasteiger partial charge in [0.2, 0.25) is 0 Å². The lowest BCUT2D eigenvalue weighted by molar-refractivity contribution is 0.592. The van der Waals surface area contributed by atoms with Gasteiger partial charge in [0.1, 0.15) is 0 Å². The van der Waals surface area contributed by atoms with Gasteiger partial charge in [-0.05, 0) is 38.9 Å². The van der Waals surface area contributed by atoms with Crippen LogP contribution >= 0.6 is 0 Å². The van der Waals surface area contributed by atoms with Crippen molar-refractivity contribution in [3.63, 3.8) is 0 Å². The van der Waals surface area contributed by atoms with E-state index in [1.165, 1.54) is 27.5 Å². The van der Waals surface area contributed by atoms with Gasteiger partial charge in [-0.2, -0.15) is 0 Å². The Kier molecular flexibility index (Phi) is 3.10. The average Bonchev–Trinajstić information content (AvgIpc) is 2.46. The highest BCUT2D eigenvalue weighted by Crippen LogP contribution is 2.34. The number of hydrogen-bond donors (Lipinski definition) is 0. The van der Waals surface area contributed by atoms with Gasteiger partial charge < -0.3 is 0 Å². The second-order valence-corrected chi connectivity index (χ2v) is 6.36. The molecule has 0 unspecified atom stereocenters. The van der Waals surface area contributed by atoms with Crippen LogP contribution in [0.15, 0.2) is 66.7 Å². The molecule has 0 bridgehead atoms. The summed E-state index contributed by atoms with van der Waals surface area (Å²) in [6.07, 6.45) is 0. The number of benzene rings is 3. The molecular weight excluding hydrogens is 240 g/mol. The Bertz CT molecular complexity index is 745. The van der Waals surface area contributed by atoms with Crippen molar-refractivity contribution in [3.05, 3.63) is 72.3 Å². The maximum absolute atomic E-state index is 2.29. The zero-order chi connectivity index (χ0) is 14.2. The molecule has 20 heavy (non-hydrogen) atoms. The van der Waals surface area contributed by atoms with Gasteiger partial charge >= 0.3 is 0 Å². The predicted molar refractivity (Wildman–Crippen MR) is 88.1 cm³/mol. The highest BCUT2D eigenvalue weighted by atomic mass is 14.2. The lowest BCUT2D eigenvalue weighted by Crippen LogP contribution is -2.12. The minimum Gasteiger partial charge on any atom is -0.0619 e. The van der Waals surface area contributed by atoms with Gasteiger partial charge in [-0.1, -0.05) is 81.4 Å². The normalized spacial score (nSPS) is 11.8. The molecule has 3 aromatic carbocycles. The zero-order valence-electron chi connectivity index (χ0n) is 12.4. The highest BCUT2D eigenvalue weighted by Gasteiger charge is 2.18. The summed E-state index contributed by atoms with van der Waals surface area (Å²) in [6.45, 7) is 6.81. The van der Waals surface area contributed by atoms with Crippen LogP contribution in [0.4, 0.5) is 0 Å². The molecule has 0 aliphatic heterocycles. The lowest BCUT2D eigenvalue weighted by Gasteiger charge is -2.23. The predicted octanol–water partition coefficient (Wildman–Crippen LogP) is 5.80. The standard InChI is InChI=1S/C20H20/c1-20(2,3)19-11-7-6-10-18(19)17-13-12-15-8-4-5-9-16(15)14-17/h4-14H,1-3H3. The number of fused-ring (bicyclic) bond motifs is 1. The van der Waals surface area contributed by atoms with E-state index in [2.05, 4.69) is 87.5 Å². The SMILES string of the molecule is CC(C)(C)c1ccccc1-c1ccc2ccccc2c1. The van der Waals surface area contributed by atoms with Crippen LogP contribution in [0.5, 0.6) is 0 Å². The molecule has 3 aromatic rings. The van der Waals surface area contributed by atoms with Crippen LogP contribution in [0.1, 0.15) is 26.3 Å². The van der Waals surface area contributed by atoms with Crippen LogP contribution in [-0.2, 0) is 5.41 Å². The molecular formula is C20H20. The van der Waals surface area contributed by atoms with E-state index in [0.717, 1.165) is 0 Å². The van der Waals surface area contributed by atoms with Crippen LogP contribution in [0.3, 0.4) is 0 Å². The van der Waals surface area contributed by atoms with Crippen molar-refractivity contribution < 1.29 is 0 Å². The van der Waals surface area contributed by atoms with Crippen LogP contribution < -0.4 is 0 Å². The summed E-state index contributed by atoms with van der Waals surface area (Å²) in [5.74, 6) is 0. The molecule has 0 aromatic heterocycles. The van der Waals surface area contributed by atoms with Gasteiger partial charge in [0.15, 0.2) is 0 Å². The van der Waals surface area contributed by atoms with Gasteiger partial charge in [0, 0.05) is 0 Å². The summed E-state index contributed by atoms with van der Waals surface area (Å²) >= 11 is 0. The van der Waals surface area contributed by atoms with E-state index in [-0.39, 0.29) is 5.41 Å². The molecule has 0 aliphatic carbocycles. The van der Waals surface area contributed by atoms with Crippen molar-refractivity contribution >= 4 is 10.8 Å². The van der Waals surface area contributed by atoms with Crippen LogP contribution in [-0.4, -0.2) is 0 Å². The van der Waals surface area contributed by atoms with E-state index in [4.69, 9.17) is 0 Å². The summed E-state index contributed by atoms with van der Waals surface area (Å²) < 4.78 is 0. The van der Waals surface area contributed by atoms with E-state index in [1.54, 1.807) is 0 Å². The summed E-state index contributed by atoms with van der Waals surface area (Å²) in [4.78, 5) is 0. The summed E-state index contributed by atoms with van der Waals surface area (Å²) in [5.41, 5.74) is 4.19. The van der Waals surface area contributed by atoms with Gasteiger partial charge in [-0.3, -0.25) is 0 Å². The molecule has 0 saturated heterocycles. The fourth-order valence-corrected chi connectivity index (χ4v) is 2.75. The first kappa shape index (κ1) is 12.9. The van der Waals surface area contributed by atoms with Crippen LogP contribution in [0, 0.1) is 0 Å². The Morgan fingerprint density at radius 1 is 0.650 bits per heavy atom. The first-order valence-corrected chi connectivity index (χ1v) is 7.14. The van der Waals surface area contributed by atoms with Gasteiger partial charge in [0.05, 0.1) is 0 Å². The molecule has 0 amide bonds. The van der Waals surface area contributed by atoms with Crippen molar-refractivity contribution in [1.29, 1.82) is 0 Å². The summed E-state index contributed by atoms with van der Waals surface area (Å²) in [5, 5.41) is 2.60. The average molecular weight is 260 g/mol. The van der Waals surface area contributed by atoms with Crippen molar-refractivity contribution in [2.45, 2.75) is 26.2 Å². The molecule has 0 radical (unpaired) electrons. The molecule has 0 heterocycles. The maximum atomic E-state index is 2.29. The van der Waals surface area contributed by atoms with E-state index in [9.17, 15) is 0 Å². The molecule has 0 fully saturated rings. The third kappa shape index (κ3) is 2.34. The molecule has 0 nitrogen and oxygen atoms in total. The lowest BCUT2D eigenvalue weighted by atomic mass is 9.81. The van der Waals surface area contributed by atoms with Crippen LogP contribution in [0.2, 0.25) is 0 Å². The van der Waals surface area contributed by atoms with Crippen molar-refractivity contribution in [1.82, 2.24) is 0 Å². The molecule has 0 N–H and O–H groups in total. The second-order valence-electron chi connectivity index (χ2n) is 6.36. The van der Waals surface area contributed by atoms with E-state index in [1.807, 2.05) is 0 Å². The van der Waals surface area contributed by atoms with Gasteiger partial charge in [-0.15, -0.1) is 0 Å². The van der Waals surface area contributed by atoms with Crippen molar-refractivity contribution in [3.8, 4) is 11.1 Å². The third-order valence-electron chi connectivity index (χ3n) is 3.80. The van der Waals surface area contributed by atoms with Gasteiger partial charge in [0.25, 0.3) is 0 Å². The molecule has 0 spiro atoms. The number of hydrogen-bond acceptors (Lipinski definition) is 0. The second kappa shape index (κ2) is 4.79. The molecule has 100 valence electrons. The zero-order valence-corrected chi connectivity index (χ0v) is 12.4. The third-order valence-corrected chi connectivity index (χ3v) is 3.80. The topological polar surface area (TPSA) is 0 Å². The maximum Gasteiger partial charge on any atom is -0.0126 e. The highest BCUT2D eigenvalue weighted by molar-refractivity contribution is 5.87. The monoisotopic (exact) mass is 260 g/mol. The van der Waals surface area contributed by atoms with E-state index in [0.29, 0.717) is 0 Å². The molecule has 3 rings (SSSR count). The quantitative estimate of drug-likeness (QED) is 0.518. The summed E-state index contributed by atoms with van der Waals surface area (Å²) in [6, 6.07) is 24.0. The minimum atomic E-state index is 0.155. The fourth-order valence-electron chi connectivity index (χ4n) is 2.75. The van der Waals surface area contributed by atoms with Crippen molar-refractivity contribution in [2.24, 2.45) is 0 Å². The Labute approximate surface area is 121 Å². The Balaban J connectivity index is 2.21.